The second kappa shape index (κ2) is 5.55. The first-order chi connectivity index (χ1) is 9.63. The fraction of sp³-hybridized carbons (Fsp3) is 0.154. The molecule has 1 saturated heterocycles. The van der Waals surface area contributed by atoms with Crippen LogP contribution >= 0.6 is 34.7 Å². The lowest BCUT2D eigenvalue weighted by atomic mass is 10.1. The molecule has 3 rings (SSSR count). The molecule has 20 heavy (non-hydrogen) atoms. The molecule has 1 N–H and O–H groups in total. The third kappa shape index (κ3) is 2.72. The monoisotopic (exact) mass is 323 g/mol. The fourth-order valence-electron chi connectivity index (χ4n) is 1.85. The molecule has 1 aliphatic heterocycles. The van der Waals surface area contributed by atoms with Gasteiger partial charge in [-0.2, -0.15) is 0 Å². The fourth-order valence-corrected chi connectivity index (χ4v) is 3.71. The number of benzene rings is 1. The van der Waals surface area contributed by atoms with E-state index in [1.807, 2.05) is 24.3 Å². The van der Waals surface area contributed by atoms with Crippen LogP contribution in [0.1, 0.15) is 10.4 Å². The highest BCUT2D eigenvalue weighted by molar-refractivity contribution is 8.15. The number of rotatable bonds is 3. The normalized spacial score (nSPS) is 15.2. The van der Waals surface area contributed by atoms with E-state index in [9.17, 15) is 4.79 Å². The van der Waals surface area contributed by atoms with Crippen LogP contribution in [0.4, 0.5) is 5.13 Å². The molecule has 0 aliphatic carbocycles. The predicted molar refractivity (Wildman–Crippen MR) is 84.0 cm³/mol. The van der Waals surface area contributed by atoms with Gasteiger partial charge in [0.1, 0.15) is 0 Å². The van der Waals surface area contributed by atoms with Crippen molar-refractivity contribution in [3.05, 3.63) is 45.9 Å². The van der Waals surface area contributed by atoms with Crippen molar-refractivity contribution in [2.75, 3.05) is 10.7 Å². The van der Waals surface area contributed by atoms with Crippen molar-refractivity contribution in [3.63, 3.8) is 0 Å². The second-order valence-electron chi connectivity index (χ2n) is 4.24. The summed E-state index contributed by atoms with van der Waals surface area (Å²) in [6.07, 6.45) is 2.51. The third-order valence-electron chi connectivity index (χ3n) is 2.81. The number of hydrogen-bond acceptors (Lipinski definition) is 5. The minimum absolute atomic E-state index is 0.0765. The molecule has 0 spiro atoms. The van der Waals surface area contributed by atoms with E-state index in [4.69, 9.17) is 17.0 Å². The third-order valence-corrected chi connectivity index (χ3v) is 4.89. The van der Waals surface area contributed by atoms with Gasteiger partial charge in [0.25, 0.3) is 0 Å². The molecule has 0 radical (unpaired) electrons. The van der Waals surface area contributed by atoms with E-state index < -0.39 is 0 Å². The molecular weight excluding hydrogens is 314 g/mol. The molecule has 4 nitrogen and oxygen atoms in total. The lowest BCUT2D eigenvalue weighted by Crippen LogP contribution is -2.28. The molecule has 2 heterocycles. The summed E-state index contributed by atoms with van der Waals surface area (Å²) in [6.45, 7) is 0. The van der Waals surface area contributed by atoms with Crippen molar-refractivity contribution in [3.8, 4) is 0 Å². The van der Waals surface area contributed by atoms with Crippen LogP contribution in [-0.2, 0) is 11.2 Å². The number of hydrogen-bond donors (Lipinski definition) is 1. The molecule has 1 fully saturated rings. The Bertz CT molecular complexity index is 653. The maximum atomic E-state index is 11.7. The molecule has 7 heteroatoms. The van der Waals surface area contributed by atoms with Crippen molar-refractivity contribution in [2.45, 2.75) is 6.42 Å². The number of amidine groups is 1. The maximum absolute atomic E-state index is 11.7. The Kier molecular flexibility index (Phi) is 3.78. The molecule has 0 unspecified atom stereocenters. The number of anilines is 1. The van der Waals surface area contributed by atoms with E-state index in [0.29, 0.717) is 15.9 Å². The number of amides is 1. The van der Waals surface area contributed by atoms with Crippen LogP contribution < -0.4 is 4.90 Å². The van der Waals surface area contributed by atoms with Crippen LogP contribution in [0.3, 0.4) is 0 Å². The smallest absolute Gasteiger partial charge is 0.245 e. The molecule has 1 aliphatic rings. The van der Waals surface area contributed by atoms with Gasteiger partial charge in [-0.1, -0.05) is 35.5 Å². The molecule has 0 atom stereocenters. The average Bonchev–Trinajstić information content (AvgIpc) is 3.00. The first-order valence-corrected chi connectivity index (χ1v) is 8.05. The molecule has 102 valence electrons. The zero-order chi connectivity index (χ0) is 14.1. The van der Waals surface area contributed by atoms with E-state index in [2.05, 4.69) is 4.98 Å². The highest BCUT2D eigenvalue weighted by Crippen LogP contribution is 2.30. The quantitative estimate of drug-likeness (QED) is 0.941. The van der Waals surface area contributed by atoms with Gasteiger partial charge in [0, 0.05) is 22.5 Å². The van der Waals surface area contributed by atoms with Gasteiger partial charge in [0.15, 0.2) is 10.3 Å². The van der Waals surface area contributed by atoms with Gasteiger partial charge in [-0.25, -0.2) is 9.88 Å². The van der Waals surface area contributed by atoms with E-state index in [-0.39, 0.29) is 11.1 Å². The Balaban J connectivity index is 1.78. The van der Waals surface area contributed by atoms with Gasteiger partial charge < -0.3 is 0 Å². The van der Waals surface area contributed by atoms with Crippen molar-refractivity contribution in [1.29, 1.82) is 5.41 Å². The van der Waals surface area contributed by atoms with Crippen molar-refractivity contribution in [2.24, 2.45) is 0 Å². The van der Waals surface area contributed by atoms with Gasteiger partial charge in [-0.05, 0) is 17.7 Å². The number of halogens is 1. The zero-order valence-electron chi connectivity index (χ0n) is 10.3. The van der Waals surface area contributed by atoms with Crippen molar-refractivity contribution in [1.82, 2.24) is 4.98 Å². The van der Waals surface area contributed by atoms with E-state index in [1.165, 1.54) is 28.0 Å². The molecule has 1 amide bonds. The standard InChI is InChI=1S/C13H10ClN3OS2/c14-9-3-1-8(2-4-9)5-10-6-16-13(20-10)17-11(18)7-19-12(17)15/h1-4,6,15H,5,7H2. The highest BCUT2D eigenvalue weighted by atomic mass is 35.5. The Morgan fingerprint density at radius 1 is 1.35 bits per heavy atom. The van der Waals surface area contributed by atoms with Crippen molar-refractivity contribution < 1.29 is 4.79 Å². The lowest BCUT2D eigenvalue weighted by Gasteiger charge is -2.09. The van der Waals surface area contributed by atoms with Crippen LogP contribution in [-0.4, -0.2) is 21.8 Å². The summed E-state index contributed by atoms with van der Waals surface area (Å²) >= 11 is 8.54. The molecule has 1 aromatic heterocycles. The topological polar surface area (TPSA) is 57.1 Å². The number of thioether (sulfide) groups is 1. The van der Waals surface area contributed by atoms with Crippen molar-refractivity contribution >= 4 is 50.9 Å². The van der Waals surface area contributed by atoms with Gasteiger partial charge >= 0.3 is 0 Å². The number of carbonyl (C=O) groups excluding carboxylic acids is 1. The lowest BCUT2D eigenvalue weighted by molar-refractivity contribution is -0.115. The number of carbonyl (C=O) groups is 1. The summed E-state index contributed by atoms with van der Waals surface area (Å²) in [6, 6.07) is 7.66. The minimum Gasteiger partial charge on any atom is -0.278 e. The van der Waals surface area contributed by atoms with Gasteiger partial charge in [0.2, 0.25) is 5.91 Å². The Labute approximate surface area is 129 Å². The van der Waals surface area contributed by atoms with Gasteiger partial charge in [-0.15, -0.1) is 11.3 Å². The first kappa shape index (κ1) is 13.6. The van der Waals surface area contributed by atoms with Crippen LogP contribution in [0.5, 0.6) is 0 Å². The number of nitrogens with zero attached hydrogens (tertiary/aromatic N) is 2. The summed E-state index contributed by atoms with van der Waals surface area (Å²) in [7, 11) is 0. The Morgan fingerprint density at radius 3 is 2.75 bits per heavy atom. The number of thiazole rings is 1. The van der Waals surface area contributed by atoms with Crippen LogP contribution in [0.25, 0.3) is 0 Å². The maximum Gasteiger partial charge on any atom is 0.245 e. The summed E-state index contributed by atoms with van der Waals surface area (Å²) in [5.74, 6) is 0.248. The molecule has 1 aromatic carbocycles. The SMILES string of the molecule is N=C1SCC(=O)N1c1ncc(Cc2ccc(Cl)cc2)s1. The van der Waals surface area contributed by atoms with E-state index >= 15 is 0 Å². The van der Waals surface area contributed by atoms with Gasteiger partial charge in [-0.3, -0.25) is 10.2 Å². The largest absolute Gasteiger partial charge is 0.278 e. The number of nitrogens with one attached hydrogen (secondary N) is 1. The predicted octanol–water partition coefficient (Wildman–Crippen LogP) is 3.40. The molecule has 0 bridgehead atoms. The number of aromatic nitrogens is 1. The summed E-state index contributed by atoms with van der Waals surface area (Å²) in [5, 5.41) is 9.29. The summed E-state index contributed by atoms with van der Waals surface area (Å²) in [4.78, 5) is 18.4. The zero-order valence-corrected chi connectivity index (χ0v) is 12.7. The van der Waals surface area contributed by atoms with Crippen LogP contribution in [0.2, 0.25) is 5.02 Å². The van der Waals surface area contributed by atoms with E-state index in [1.54, 1.807) is 6.20 Å². The summed E-state index contributed by atoms with van der Waals surface area (Å²) in [5.41, 5.74) is 1.14. The molecule has 2 aromatic rings. The van der Waals surface area contributed by atoms with Crippen LogP contribution in [0.15, 0.2) is 30.5 Å². The Morgan fingerprint density at radius 2 is 2.10 bits per heavy atom. The average molecular weight is 324 g/mol. The van der Waals surface area contributed by atoms with Gasteiger partial charge in [0.05, 0.1) is 5.75 Å². The Hall–Kier alpha value is -1.37. The molecular formula is C13H10ClN3OS2. The minimum atomic E-state index is -0.0765. The summed E-state index contributed by atoms with van der Waals surface area (Å²) < 4.78 is 0. The van der Waals surface area contributed by atoms with Crippen LogP contribution in [0, 0.1) is 5.41 Å². The highest BCUT2D eigenvalue weighted by Gasteiger charge is 2.30. The first-order valence-electron chi connectivity index (χ1n) is 5.87. The molecule has 0 saturated carbocycles. The second-order valence-corrected chi connectivity index (χ2v) is 6.73. The van der Waals surface area contributed by atoms with E-state index in [0.717, 1.165) is 16.9 Å².